The molecule has 0 saturated heterocycles. The van der Waals surface area contributed by atoms with Crippen molar-refractivity contribution in [3.8, 4) is 6.07 Å². The van der Waals surface area contributed by atoms with Gasteiger partial charge in [0, 0.05) is 15.5 Å². The van der Waals surface area contributed by atoms with E-state index < -0.39 is 0 Å². The Balaban J connectivity index is 2.29. The number of nitrogens with zero attached hydrogens (tertiary/aromatic N) is 1. The minimum Gasteiger partial charge on any atom is -0.398 e. The second-order valence-corrected chi connectivity index (χ2v) is 5.36. The Morgan fingerprint density at radius 3 is 2.33 bits per heavy atom. The normalized spacial score (nSPS) is 10.1. The lowest BCUT2D eigenvalue weighted by Crippen LogP contribution is -1.89. The predicted octanol–water partition coefficient (Wildman–Crippen LogP) is 3.91. The van der Waals surface area contributed by atoms with Crippen molar-refractivity contribution in [2.75, 3.05) is 5.73 Å². The lowest BCUT2D eigenvalue weighted by molar-refractivity contribution is 1.27. The van der Waals surface area contributed by atoms with Gasteiger partial charge in [-0.3, -0.25) is 0 Å². The van der Waals surface area contributed by atoms with Crippen LogP contribution in [-0.4, -0.2) is 0 Å². The van der Waals surface area contributed by atoms with Crippen LogP contribution in [0, 0.1) is 25.2 Å². The summed E-state index contributed by atoms with van der Waals surface area (Å²) in [7, 11) is 0. The molecular weight excluding hydrogens is 240 g/mol. The largest absolute Gasteiger partial charge is 0.398 e. The van der Waals surface area contributed by atoms with Crippen LogP contribution in [-0.2, 0) is 0 Å². The van der Waals surface area contributed by atoms with E-state index >= 15 is 0 Å². The summed E-state index contributed by atoms with van der Waals surface area (Å²) < 4.78 is 0. The highest BCUT2D eigenvalue weighted by Crippen LogP contribution is 2.30. The second-order valence-electron chi connectivity index (χ2n) is 4.21. The molecule has 0 fully saturated rings. The fourth-order valence-electron chi connectivity index (χ4n) is 1.61. The van der Waals surface area contributed by atoms with Gasteiger partial charge in [0.05, 0.1) is 5.56 Å². The highest BCUT2D eigenvalue weighted by Gasteiger charge is 2.03. The molecule has 0 heterocycles. The number of nitrogens with two attached hydrogens (primary N) is 1. The maximum atomic E-state index is 8.95. The Kier molecular flexibility index (Phi) is 3.59. The summed E-state index contributed by atoms with van der Waals surface area (Å²) in [5.74, 6) is 0. The van der Waals surface area contributed by atoms with E-state index in [9.17, 15) is 0 Å². The minimum absolute atomic E-state index is 0.530. The van der Waals surface area contributed by atoms with E-state index in [-0.39, 0.29) is 0 Å². The molecule has 0 aromatic heterocycles. The van der Waals surface area contributed by atoms with Gasteiger partial charge in [0.15, 0.2) is 0 Å². The topological polar surface area (TPSA) is 49.8 Å². The molecule has 2 N–H and O–H groups in total. The second kappa shape index (κ2) is 5.16. The number of nitriles is 1. The summed E-state index contributed by atoms with van der Waals surface area (Å²) >= 11 is 1.64. The highest BCUT2D eigenvalue weighted by molar-refractivity contribution is 7.99. The first kappa shape index (κ1) is 12.5. The summed E-state index contributed by atoms with van der Waals surface area (Å²) in [6, 6.07) is 14.0. The Bertz CT molecular complexity index is 627. The molecule has 90 valence electrons. The van der Waals surface area contributed by atoms with Gasteiger partial charge in [-0.15, -0.1) is 0 Å². The molecular formula is C15H14N2S. The molecule has 0 spiro atoms. The lowest BCUT2D eigenvalue weighted by atomic mass is 10.1. The number of anilines is 1. The first-order valence-electron chi connectivity index (χ1n) is 5.65. The van der Waals surface area contributed by atoms with Crippen LogP contribution in [0.3, 0.4) is 0 Å². The summed E-state index contributed by atoms with van der Waals surface area (Å²) in [4.78, 5) is 2.20. The molecule has 0 aliphatic carbocycles. The van der Waals surface area contributed by atoms with Crippen molar-refractivity contribution in [2.24, 2.45) is 0 Å². The molecule has 0 amide bonds. The molecule has 0 aliphatic rings. The van der Waals surface area contributed by atoms with Gasteiger partial charge in [0.1, 0.15) is 6.07 Å². The van der Waals surface area contributed by atoms with E-state index in [4.69, 9.17) is 11.0 Å². The third-order valence-corrected chi connectivity index (χ3v) is 3.84. The minimum atomic E-state index is 0.530. The van der Waals surface area contributed by atoms with E-state index in [1.807, 2.05) is 12.1 Å². The number of benzene rings is 2. The Morgan fingerprint density at radius 1 is 1.00 bits per heavy atom. The summed E-state index contributed by atoms with van der Waals surface area (Å²) in [5.41, 5.74) is 9.33. The van der Waals surface area contributed by atoms with Crippen LogP contribution in [0.15, 0.2) is 46.2 Å². The Hall–Kier alpha value is -1.92. The summed E-state index contributed by atoms with van der Waals surface area (Å²) in [6.45, 7) is 4.20. The molecule has 0 radical (unpaired) electrons. The standard InChI is InChI=1S/C15H14N2S/c1-10-3-4-13(7-11(10)2)18-14-5-6-15(17)12(8-14)9-16/h3-8H,17H2,1-2H3. The predicted molar refractivity (Wildman–Crippen MR) is 75.6 cm³/mol. The highest BCUT2D eigenvalue weighted by atomic mass is 32.2. The lowest BCUT2D eigenvalue weighted by Gasteiger charge is -2.06. The van der Waals surface area contributed by atoms with Crippen molar-refractivity contribution in [3.05, 3.63) is 53.1 Å². The maximum absolute atomic E-state index is 8.95. The molecule has 0 bridgehead atoms. The van der Waals surface area contributed by atoms with Crippen molar-refractivity contribution in [3.63, 3.8) is 0 Å². The van der Waals surface area contributed by atoms with E-state index in [0.29, 0.717) is 11.3 Å². The molecule has 0 atom stereocenters. The summed E-state index contributed by atoms with van der Waals surface area (Å²) in [5, 5.41) is 8.95. The number of aryl methyl sites for hydroxylation is 2. The van der Waals surface area contributed by atoms with E-state index in [0.717, 1.165) is 4.90 Å². The third-order valence-electron chi connectivity index (χ3n) is 2.86. The Morgan fingerprint density at radius 2 is 1.67 bits per heavy atom. The van der Waals surface area contributed by atoms with Crippen molar-refractivity contribution in [2.45, 2.75) is 23.6 Å². The van der Waals surface area contributed by atoms with Crippen LogP contribution in [0.1, 0.15) is 16.7 Å². The van der Waals surface area contributed by atoms with Crippen LogP contribution < -0.4 is 5.73 Å². The van der Waals surface area contributed by atoms with Gasteiger partial charge in [0.2, 0.25) is 0 Å². The van der Waals surface area contributed by atoms with Crippen molar-refractivity contribution in [1.29, 1.82) is 5.26 Å². The number of hydrogen-bond donors (Lipinski definition) is 1. The zero-order valence-electron chi connectivity index (χ0n) is 10.4. The first-order chi connectivity index (χ1) is 8.60. The molecule has 0 saturated carbocycles. The van der Waals surface area contributed by atoms with E-state index in [1.54, 1.807) is 17.8 Å². The average Bonchev–Trinajstić information content (AvgIpc) is 2.36. The van der Waals surface area contributed by atoms with E-state index in [1.165, 1.54) is 16.0 Å². The Labute approximate surface area is 111 Å². The van der Waals surface area contributed by atoms with Crippen LogP contribution in [0.2, 0.25) is 0 Å². The number of nitrogen functional groups attached to an aromatic ring is 1. The summed E-state index contributed by atoms with van der Waals surface area (Å²) in [6.07, 6.45) is 0. The van der Waals surface area contributed by atoms with Crippen LogP contribution in [0.4, 0.5) is 5.69 Å². The molecule has 2 aromatic rings. The molecule has 3 heteroatoms. The van der Waals surface area contributed by atoms with Crippen molar-refractivity contribution < 1.29 is 0 Å². The molecule has 18 heavy (non-hydrogen) atoms. The zero-order valence-corrected chi connectivity index (χ0v) is 11.2. The number of rotatable bonds is 2. The fourth-order valence-corrected chi connectivity index (χ4v) is 2.57. The molecule has 2 aromatic carbocycles. The zero-order chi connectivity index (χ0) is 13.1. The monoisotopic (exact) mass is 254 g/mol. The SMILES string of the molecule is Cc1ccc(Sc2ccc(N)c(C#N)c2)cc1C. The van der Waals surface area contributed by atoms with Gasteiger partial charge in [-0.25, -0.2) is 0 Å². The van der Waals surface area contributed by atoms with Gasteiger partial charge >= 0.3 is 0 Å². The molecule has 2 rings (SSSR count). The van der Waals surface area contributed by atoms with Crippen LogP contribution in [0.25, 0.3) is 0 Å². The first-order valence-corrected chi connectivity index (χ1v) is 6.46. The van der Waals surface area contributed by atoms with Crippen LogP contribution >= 0.6 is 11.8 Å². The van der Waals surface area contributed by atoms with Crippen molar-refractivity contribution >= 4 is 17.4 Å². The third kappa shape index (κ3) is 2.66. The smallest absolute Gasteiger partial charge is 0.101 e. The van der Waals surface area contributed by atoms with Gasteiger partial charge in [-0.2, -0.15) is 5.26 Å². The molecule has 0 aliphatic heterocycles. The van der Waals surface area contributed by atoms with Crippen molar-refractivity contribution in [1.82, 2.24) is 0 Å². The fraction of sp³-hybridized carbons (Fsp3) is 0.133. The van der Waals surface area contributed by atoms with Gasteiger partial charge in [0.25, 0.3) is 0 Å². The maximum Gasteiger partial charge on any atom is 0.101 e. The average molecular weight is 254 g/mol. The molecule has 0 unspecified atom stereocenters. The number of hydrogen-bond acceptors (Lipinski definition) is 3. The van der Waals surface area contributed by atoms with Gasteiger partial charge in [-0.1, -0.05) is 17.8 Å². The van der Waals surface area contributed by atoms with Gasteiger partial charge < -0.3 is 5.73 Å². The quantitative estimate of drug-likeness (QED) is 0.827. The van der Waals surface area contributed by atoms with E-state index in [2.05, 4.69) is 38.1 Å². The van der Waals surface area contributed by atoms with Gasteiger partial charge in [-0.05, 0) is 55.3 Å². The molecule has 2 nitrogen and oxygen atoms in total. The van der Waals surface area contributed by atoms with Crippen LogP contribution in [0.5, 0.6) is 0 Å².